The predicted octanol–water partition coefficient (Wildman–Crippen LogP) is 11.7. The van der Waals surface area contributed by atoms with Gasteiger partial charge in [0.05, 0.1) is 56.0 Å². The summed E-state index contributed by atoms with van der Waals surface area (Å²) < 4.78 is 40.7. The molecule has 3 aliphatic heterocycles. The van der Waals surface area contributed by atoms with Crippen molar-refractivity contribution in [1.82, 2.24) is 9.80 Å². The standard InChI is InChI=1S/C25H20Cl2FNO3.C23H14Cl2FNO3/c1-14(13-29-24(30)17-6-3-4-7-18(17)25(29)31)10-15-11-16(28)12-19(23(15)32-2)22-20(26)8-5-9-21(22)27;24-18-6-3-7-19(25)20(18)17-10-13(26)8-12-9-14(30-21(12)17)11-27-22(28)15-4-1-2-5-16(15)23(27)29/h3-9,11-12,14H,10,13H2,1-2H3;1-8,10,14H,9,11H2/t2*14-/m01/s1. The van der Waals surface area contributed by atoms with Crippen molar-refractivity contribution in [3.63, 3.8) is 0 Å². The molecule has 0 bridgehead atoms. The van der Waals surface area contributed by atoms with Gasteiger partial charge in [-0.2, -0.15) is 0 Å². The topological polar surface area (TPSA) is 93.2 Å². The molecule has 0 aromatic heterocycles. The third-order valence-corrected chi connectivity index (χ3v) is 12.1. The SMILES string of the molecule is COc1c(C[C@H](C)CN2C(=O)c3ccccc3C2=O)cc(F)cc1-c1c(Cl)cccc1Cl.O=C1c2ccccc2C(=O)N1C[C@H]1Cc2cc(F)cc(-c3c(Cl)cccc3Cl)c2O1. The monoisotopic (exact) mass is 912 g/mol. The molecule has 6 aromatic rings. The second-order valence-corrected chi connectivity index (χ2v) is 16.7. The summed E-state index contributed by atoms with van der Waals surface area (Å²) in [5, 5.41) is 1.52. The fraction of sp³-hybridized carbons (Fsp3) is 0.167. The van der Waals surface area contributed by atoms with E-state index in [1.54, 1.807) is 84.9 Å². The number of carbonyl (C=O) groups excluding carboxylic acids is 4. The number of halogens is 6. The first-order valence-electron chi connectivity index (χ1n) is 19.4. The Balaban J connectivity index is 0.000000171. The average Bonchev–Trinajstić information content (AvgIpc) is 3.84. The minimum Gasteiger partial charge on any atom is -0.496 e. The lowest BCUT2D eigenvalue weighted by atomic mass is 9.94. The summed E-state index contributed by atoms with van der Waals surface area (Å²) in [5.74, 6) is -1.46. The lowest BCUT2D eigenvalue weighted by molar-refractivity contribution is 0.0584. The van der Waals surface area contributed by atoms with Crippen molar-refractivity contribution in [3.8, 4) is 33.8 Å². The smallest absolute Gasteiger partial charge is 0.261 e. The first-order valence-corrected chi connectivity index (χ1v) is 20.9. The number of ether oxygens (including phenoxy) is 2. The van der Waals surface area contributed by atoms with Crippen LogP contribution in [0.3, 0.4) is 0 Å². The van der Waals surface area contributed by atoms with Crippen LogP contribution in [0.1, 0.15) is 59.5 Å². The zero-order valence-electron chi connectivity index (χ0n) is 33.0. The molecule has 0 unspecified atom stereocenters. The Morgan fingerprint density at radius 2 is 1.08 bits per heavy atom. The van der Waals surface area contributed by atoms with E-state index in [4.69, 9.17) is 55.9 Å². The lowest BCUT2D eigenvalue weighted by Crippen LogP contribution is -2.38. The Morgan fingerprint density at radius 1 is 0.629 bits per heavy atom. The summed E-state index contributed by atoms with van der Waals surface area (Å²) in [6, 6.07) is 29.0. The zero-order valence-corrected chi connectivity index (χ0v) is 36.0. The fourth-order valence-electron chi connectivity index (χ4n) is 8.19. The van der Waals surface area contributed by atoms with Crippen LogP contribution in [0.25, 0.3) is 22.3 Å². The molecule has 0 saturated carbocycles. The minimum atomic E-state index is -0.496. The maximum Gasteiger partial charge on any atom is 0.261 e. The van der Waals surface area contributed by atoms with Crippen LogP contribution < -0.4 is 9.47 Å². The Morgan fingerprint density at radius 3 is 1.58 bits per heavy atom. The van der Waals surface area contributed by atoms with Gasteiger partial charge >= 0.3 is 0 Å². The second kappa shape index (κ2) is 17.5. The molecule has 0 radical (unpaired) electrons. The number of benzene rings is 6. The van der Waals surface area contributed by atoms with E-state index in [2.05, 4.69) is 0 Å². The number of hydrogen-bond donors (Lipinski definition) is 0. The van der Waals surface area contributed by atoms with E-state index in [0.29, 0.717) is 100 Å². The second-order valence-electron chi connectivity index (χ2n) is 15.1. The van der Waals surface area contributed by atoms with Crippen LogP contribution in [0.5, 0.6) is 11.5 Å². The third kappa shape index (κ3) is 8.04. The van der Waals surface area contributed by atoms with Crippen molar-refractivity contribution in [1.29, 1.82) is 0 Å². The molecular weight excluding hydrogens is 880 g/mol. The number of methoxy groups -OCH3 is 1. The Hall–Kier alpha value is -5.78. The first kappa shape index (κ1) is 42.9. The van der Waals surface area contributed by atoms with E-state index < -0.39 is 17.7 Å². The normalized spacial score (nSPS) is 15.5. The highest BCUT2D eigenvalue weighted by molar-refractivity contribution is 6.40. The van der Waals surface area contributed by atoms with Gasteiger partial charge in [-0.05, 0) is 90.7 Å². The van der Waals surface area contributed by atoms with Gasteiger partial charge in [0.15, 0.2) is 0 Å². The molecule has 9 rings (SSSR count). The summed E-state index contributed by atoms with van der Waals surface area (Å²) in [4.78, 5) is 53.1. The minimum absolute atomic E-state index is 0.0678. The van der Waals surface area contributed by atoms with Crippen LogP contribution in [0.2, 0.25) is 20.1 Å². The Bertz CT molecular complexity index is 2730. The molecule has 0 aliphatic carbocycles. The van der Waals surface area contributed by atoms with Crippen molar-refractivity contribution in [2.45, 2.75) is 25.9 Å². The van der Waals surface area contributed by atoms with Gasteiger partial charge in [0, 0.05) is 40.8 Å². The largest absolute Gasteiger partial charge is 0.496 e. The van der Waals surface area contributed by atoms with E-state index in [0.717, 1.165) is 0 Å². The summed E-state index contributed by atoms with van der Waals surface area (Å²) in [7, 11) is 1.50. The fourth-order valence-corrected chi connectivity index (χ4v) is 9.39. The Kier molecular flexibility index (Phi) is 12.1. The van der Waals surface area contributed by atoms with Crippen molar-refractivity contribution in [2.75, 3.05) is 20.2 Å². The van der Waals surface area contributed by atoms with E-state index in [1.807, 2.05) is 6.92 Å². The number of rotatable bonds is 9. The molecule has 0 spiro atoms. The molecule has 14 heteroatoms. The van der Waals surface area contributed by atoms with Crippen LogP contribution in [0.4, 0.5) is 8.78 Å². The predicted molar refractivity (Wildman–Crippen MR) is 235 cm³/mol. The van der Waals surface area contributed by atoms with Gasteiger partial charge in [-0.1, -0.05) is 89.7 Å². The maximum absolute atomic E-state index is 14.6. The number of nitrogens with zero attached hydrogens (tertiary/aromatic N) is 2. The highest BCUT2D eigenvalue weighted by Crippen LogP contribution is 2.46. The quantitative estimate of drug-likeness (QED) is 0.134. The van der Waals surface area contributed by atoms with Gasteiger partial charge in [-0.3, -0.25) is 29.0 Å². The molecule has 2 atom stereocenters. The maximum atomic E-state index is 14.6. The summed E-state index contributed by atoms with van der Waals surface area (Å²) in [6.45, 7) is 2.17. The van der Waals surface area contributed by atoms with Gasteiger partial charge in [0.1, 0.15) is 29.2 Å². The Labute approximate surface area is 375 Å². The summed E-state index contributed by atoms with van der Waals surface area (Å²) >= 11 is 25.3. The van der Waals surface area contributed by atoms with E-state index >= 15 is 0 Å². The van der Waals surface area contributed by atoms with Gasteiger partial charge in [-0.25, -0.2) is 8.78 Å². The first-order chi connectivity index (χ1) is 29.7. The van der Waals surface area contributed by atoms with Crippen LogP contribution in [-0.4, -0.2) is 59.7 Å². The number of hydrogen-bond acceptors (Lipinski definition) is 6. The lowest BCUT2D eigenvalue weighted by Gasteiger charge is -2.22. The van der Waals surface area contributed by atoms with Crippen LogP contribution >= 0.6 is 46.4 Å². The van der Waals surface area contributed by atoms with Crippen molar-refractivity contribution in [2.24, 2.45) is 5.92 Å². The molecule has 0 fully saturated rings. The van der Waals surface area contributed by atoms with Crippen LogP contribution in [0, 0.1) is 17.6 Å². The molecule has 62 heavy (non-hydrogen) atoms. The molecule has 8 nitrogen and oxygen atoms in total. The highest BCUT2D eigenvalue weighted by Gasteiger charge is 2.39. The number of imide groups is 2. The number of amides is 4. The van der Waals surface area contributed by atoms with Gasteiger partial charge < -0.3 is 9.47 Å². The van der Waals surface area contributed by atoms with Crippen molar-refractivity contribution in [3.05, 3.63) is 174 Å². The summed E-state index contributed by atoms with van der Waals surface area (Å²) in [5.41, 5.74) is 4.69. The zero-order chi connectivity index (χ0) is 44.0. The third-order valence-electron chi connectivity index (χ3n) is 10.9. The number of fused-ring (bicyclic) bond motifs is 3. The summed E-state index contributed by atoms with van der Waals surface area (Å²) in [6.07, 6.45) is 0.239. The molecule has 314 valence electrons. The molecule has 6 aromatic carbocycles. The van der Waals surface area contributed by atoms with Crippen molar-refractivity contribution < 1.29 is 37.4 Å². The average molecular weight is 915 g/mol. The van der Waals surface area contributed by atoms with Crippen molar-refractivity contribution >= 4 is 70.0 Å². The van der Waals surface area contributed by atoms with Crippen LogP contribution in [-0.2, 0) is 12.8 Å². The van der Waals surface area contributed by atoms with E-state index in [9.17, 15) is 28.0 Å². The molecule has 3 heterocycles. The van der Waals surface area contributed by atoms with E-state index in [1.165, 1.54) is 41.2 Å². The molecule has 4 amide bonds. The highest BCUT2D eigenvalue weighted by atomic mass is 35.5. The van der Waals surface area contributed by atoms with Gasteiger partial charge in [0.25, 0.3) is 23.6 Å². The number of carbonyl (C=O) groups is 4. The molecule has 3 aliphatic rings. The molecule has 0 N–H and O–H groups in total. The van der Waals surface area contributed by atoms with Gasteiger partial charge in [-0.15, -0.1) is 0 Å². The molecule has 0 saturated heterocycles. The van der Waals surface area contributed by atoms with Gasteiger partial charge in [0.2, 0.25) is 0 Å². The molecular formula is C48H34Cl4F2N2O6. The van der Waals surface area contributed by atoms with E-state index in [-0.39, 0.29) is 42.6 Å². The van der Waals surface area contributed by atoms with Crippen LogP contribution in [0.15, 0.2) is 109 Å².